The van der Waals surface area contributed by atoms with Crippen LogP contribution in [0.5, 0.6) is 5.75 Å². The van der Waals surface area contributed by atoms with Gasteiger partial charge < -0.3 is 29.5 Å². The van der Waals surface area contributed by atoms with Gasteiger partial charge in [-0.3, -0.25) is 0 Å². The zero-order valence-corrected chi connectivity index (χ0v) is 21.2. The molecule has 2 aliphatic heterocycles. The molecule has 1 aromatic carbocycles. The van der Waals surface area contributed by atoms with Crippen LogP contribution in [0.3, 0.4) is 0 Å². The highest BCUT2D eigenvalue weighted by Gasteiger charge is 2.35. The van der Waals surface area contributed by atoms with Crippen LogP contribution in [0.25, 0.3) is 0 Å². The molecule has 0 aliphatic carbocycles. The number of hydrogen-bond acceptors (Lipinski definition) is 10. The smallest absolute Gasteiger partial charge is 0.324 e. The summed E-state index contributed by atoms with van der Waals surface area (Å²) in [6, 6.07) is 1.45. The maximum absolute atomic E-state index is 14.3. The van der Waals surface area contributed by atoms with Gasteiger partial charge >= 0.3 is 6.01 Å². The molecule has 0 unspecified atom stereocenters. The van der Waals surface area contributed by atoms with Gasteiger partial charge in [0, 0.05) is 51.3 Å². The van der Waals surface area contributed by atoms with E-state index in [1.807, 2.05) is 6.92 Å². The summed E-state index contributed by atoms with van der Waals surface area (Å²) in [5.41, 5.74) is 6.26. The summed E-state index contributed by atoms with van der Waals surface area (Å²) in [7, 11) is 1.58. The number of nitrogens with two attached hydrogens (primary N) is 1. The van der Waals surface area contributed by atoms with Crippen molar-refractivity contribution in [3.8, 4) is 5.75 Å². The lowest BCUT2D eigenvalue weighted by molar-refractivity contribution is 0.131. The van der Waals surface area contributed by atoms with Crippen LogP contribution in [0.4, 0.5) is 25.1 Å². The van der Waals surface area contributed by atoms with Crippen molar-refractivity contribution >= 4 is 12.0 Å². The molecule has 13 heteroatoms. The van der Waals surface area contributed by atoms with Crippen molar-refractivity contribution < 1.29 is 27.2 Å². The fourth-order valence-corrected chi connectivity index (χ4v) is 5.11. The van der Waals surface area contributed by atoms with E-state index in [1.165, 1.54) is 0 Å². The monoisotopic (exact) mass is 533 g/mol. The van der Waals surface area contributed by atoms with E-state index in [1.54, 1.807) is 24.4 Å². The maximum atomic E-state index is 14.3. The van der Waals surface area contributed by atoms with Crippen molar-refractivity contribution in [1.82, 2.24) is 20.1 Å². The van der Waals surface area contributed by atoms with Crippen molar-refractivity contribution in [2.75, 3.05) is 43.1 Å². The average molecular weight is 534 g/mol. The number of rotatable bonds is 8. The normalized spacial score (nSPS) is 21.2. The van der Waals surface area contributed by atoms with Gasteiger partial charge in [-0.15, -0.1) is 0 Å². The minimum atomic E-state index is -1.23. The minimum Gasteiger partial charge on any atom is -0.487 e. The van der Waals surface area contributed by atoms with E-state index in [0.717, 1.165) is 32.0 Å². The lowest BCUT2D eigenvalue weighted by atomic mass is 9.92. The van der Waals surface area contributed by atoms with Crippen LogP contribution >= 0.6 is 0 Å². The van der Waals surface area contributed by atoms with Crippen LogP contribution in [-0.4, -0.2) is 65.5 Å². The Labute approximate surface area is 217 Å². The largest absolute Gasteiger partial charge is 0.487 e. The van der Waals surface area contributed by atoms with Gasteiger partial charge in [0.25, 0.3) is 0 Å². The van der Waals surface area contributed by atoms with Crippen LogP contribution in [0.2, 0.25) is 0 Å². The minimum absolute atomic E-state index is 0.0493. The number of piperidine rings is 1. The fraction of sp³-hybridized carbons (Fsp3) is 0.520. The summed E-state index contributed by atoms with van der Waals surface area (Å²) >= 11 is 0. The molecular formula is C25H30F3N7O3. The molecule has 3 atom stereocenters. The van der Waals surface area contributed by atoms with Gasteiger partial charge in [-0.2, -0.15) is 4.98 Å². The molecule has 3 aromatic rings. The van der Waals surface area contributed by atoms with Crippen molar-refractivity contribution in [2.24, 2.45) is 11.7 Å². The van der Waals surface area contributed by atoms with Crippen LogP contribution < -0.4 is 20.3 Å². The van der Waals surface area contributed by atoms with E-state index in [9.17, 15) is 13.2 Å². The van der Waals surface area contributed by atoms with Gasteiger partial charge in [-0.25, -0.2) is 23.1 Å². The number of anilines is 2. The number of ether oxygens (including phenoxy) is 2. The Morgan fingerprint density at radius 3 is 2.47 bits per heavy atom. The summed E-state index contributed by atoms with van der Waals surface area (Å²) in [5.74, 6) is -1.86. The molecule has 0 amide bonds. The lowest BCUT2D eigenvalue weighted by Crippen LogP contribution is -2.38. The first kappa shape index (κ1) is 26.2. The predicted octanol–water partition coefficient (Wildman–Crippen LogP) is 3.04. The van der Waals surface area contributed by atoms with Gasteiger partial charge in [0.1, 0.15) is 12.4 Å². The molecule has 5 rings (SSSR count). The van der Waals surface area contributed by atoms with Crippen LogP contribution in [-0.2, 0) is 11.3 Å². The number of aromatic nitrogens is 4. The Hall–Kier alpha value is -3.45. The van der Waals surface area contributed by atoms with Crippen LogP contribution in [0.15, 0.2) is 29.0 Å². The van der Waals surface area contributed by atoms with E-state index in [-0.39, 0.29) is 18.2 Å². The lowest BCUT2D eigenvalue weighted by Gasteiger charge is -2.33. The molecule has 204 valence electrons. The third kappa shape index (κ3) is 5.53. The highest BCUT2D eigenvalue weighted by Crippen LogP contribution is 2.32. The molecule has 2 aromatic heterocycles. The summed E-state index contributed by atoms with van der Waals surface area (Å²) in [4.78, 5) is 17.0. The molecule has 2 aliphatic rings. The Bertz CT molecular complexity index is 1240. The van der Waals surface area contributed by atoms with Gasteiger partial charge in [0.05, 0.1) is 18.5 Å². The highest BCUT2D eigenvalue weighted by atomic mass is 19.2. The summed E-state index contributed by atoms with van der Waals surface area (Å²) in [6.07, 6.45) is 4.94. The number of benzene rings is 1. The van der Waals surface area contributed by atoms with Crippen LogP contribution in [0, 0.1) is 23.4 Å². The topological polar surface area (TPSA) is 116 Å². The fourth-order valence-electron chi connectivity index (χ4n) is 5.11. The average Bonchev–Trinajstić information content (AvgIpc) is 3.54. The number of methoxy groups -OCH3 is 1. The van der Waals surface area contributed by atoms with Crippen molar-refractivity contribution in [3.63, 3.8) is 0 Å². The molecule has 38 heavy (non-hydrogen) atoms. The maximum Gasteiger partial charge on any atom is 0.324 e. The number of hydrogen-bond donors (Lipinski definition) is 1. The van der Waals surface area contributed by atoms with Crippen molar-refractivity contribution in [2.45, 2.75) is 44.4 Å². The Kier molecular flexibility index (Phi) is 7.65. The van der Waals surface area contributed by atoms with E-state index >= 15 is 0 Å². The standard InChI is InChI=1S/C25H30F3N7O3/c1-14(15-3-5-34(6-4-15)25-32-23(13-36-2)33-38-25)37-16-9-30-24(31-10-16)35-11-18(22(29)12-35)17-7-20(27)21(28)8-19(17)26/h7-10,14-15,18,22H,3-6,11-13,29H2,1-2H3/t14-,18+,22-/m0/s1. The molecule has 2 saturated heterocycles. The Morgan fingerprint density at radius 1 is 1.05 bits per heavy atom. The quantitative estimate of drug-likeness (QED) is 0.433. The zero-order chi connectivity index (χ0) is 26.8. The summed E-state index contributed by atoms with van der Waals surface area (Å²) < 4.78 is 57.8. The Balaban J connectivity index is 1.15. The first-order chi connectivity index (χ1) is 18.3. The molecule has 0 spiro atoms. The first-order valence-electron chi connectivity index (χ1n) is 12.5. The van der Waals surface area contributed by atoms with Gasteiger partial charge in [0.15, 0.2) is 23.2 Å². The van der Waals surface area contributed by atoms with Crippen molar-refractivity contribution in [1.29, 1.82) is 0 Å². The molecular weight excluding hydrogens is 503 g/mol. The molecule has 4 heterocycles. The third-order valence-corrected chi connectivity index (χ3v) is 7.23. The van der Waals surface area contributed by atoms with E-state index in [2.05, 4.69) is 25.0 Å². The van der Waals surface area contributed by atoms with Crippen LogP contribution in [0.1, 0.15) is 37.1 Å². The number of halogens is 3. The molecule has 2 fully saturated rings. The van der Waals surface area contributed by atoms with E-state index < -0.39 is 29.4 Å². The van der Waals surface area contributed by atoms with E-state index in [4.69, 9.17) is 19.7 Å². The third-order valence-electron chi connectivity index (χ3n) is 7.23. The SMILES string of the molecule is COCc1noc(N2CCC([C@H](C)Oc3cnc(N4C[C@H](c5cc(F)c(F)cc5F)[C@@H](N)C4)nc3)CC2)n1. The first-order valence-corrected chi connectivity index (χ1v) is 12.5. The second-order valence-corrected chi connectivity index (χ2v) is 9.76. The Morgan fingerprint density at radius 2 is 1.76 bits per heavy atom. The van der Waals surface area contributed by atoms with Gasteiger partial charge in [-0.05, 0) is 37.3 Å². The number of nitrogens with zero attached hydrogens (tertiary/aromatic N) is 6. The van der Waals surface area contributed by atoms with E-state index in [0.29, 0.717) is 48.7 Å². The van der Waals surface area contributed by atoms with Gasteiger partial charge in [-0.1, -0.05) is 5.16 Å². The molecule has 0 radical (unpaired) electrons. The summed E-state index contributed by atoms with van der Waals surface area (Å²) in [6.45, 7) is 4.52. The molecule has 0 saturated carbocycles. The summed E-state index contributed by atoms with van der Waals surface area (Å²) in [5, 5.41) is 3.91. The molecule has 0 bridgehead atoms. The predicted molar refractivity (Wildman–Crippen MR) is 131 cm³/mol. The zero-order valence-electron chi connectivity index (χ0n) is 21.2. The molecule has 10 nitrogen and oxygen atoms in total. The second kappa shape index (κ2) is 11.1. The highest BCUT2D eigenvalue weighted by molar-refractivity contribution is 5.39. The van der Waals surface area contributed by atoms with Gasteiger partial charge in [0.2, 0.25) is 5.95 Å². The second-order valence-electron chi connectivity index (χ2n) is 9.76. The molecule has 2 N–H and O–H groups in total. The van der Waals surface area contributed by atoms with Crippen molar-refractivity contribution in [3.05, 3.63) is 53.4 Å².